The van der Waals surface area contributed by atoms with E-state index in [1.807, 2.05) is 0 Å². The number of ether oxygens (including phenoxy) is 1. The second kappa shape index (κ2) is 6.49. The molecular formula is C21H22ClF3N2O2. The highest BCUT2D eigenvalue weighted by Crippen LogP contribution is 2.56. The molecule has 1 unspecified atom stereocenters. The number of aromatic nitrogens is 2. The van der Waals surface area contributed by atoms with E-state index in [1.165, 1.54) is 12.1 Å². The van der Waals surface area contributed by atoms with Crippen LogP contribution in [0.5, 0.6) is 0 Å². The van der Waals surface area contributed by atoms with Gasteiger partial charge in [-0.3, -0.25) is 9.48 Å². The van der Waals surface area contributed by atoms with Crippen LogP contribution in [0.4, 0.5) is 13.2 Å². The number of carbonyl (C=O) groups is 1. The summed E-state index contributed by atoms with van der Waals surface area (Å²) in [6, 6.07) is 6.01. The number of benzene rings is 1. The largest absolute Gasteiger partial charge is 0.460 e. The van der Waals surface area contributed by atoms with Crippen LogP contribution in [0.3, 0.4) is 0 Å². The van der Waals surface area contributed by atoms with E-state index in [2.05, 4.69) is 5.10 Å². The second-order valence-electron chi connectivity index (χ2n) is 9.13. The first-order valence-electron chi connectivity index (χ1n) is 9.53. The van der Waals surface area contributed by atoms with Crippen molar-refractivity contribution in [2.75, 3.05) is 0 Å². The van der Waals surface area contributed by atoms with Crippen molar-refractivity contribution in [1.29, 1.82) is 0 Å². The number of alkyl halides is 2. The summed E-state index contributed by atoms with van der Waals surface area (Å²) < 4.78 is 48.4. The molecular weight excluding hydrogens is 405 g/mol. The van der Waals surface area contributed by atoms with Crippen molar-refractivity contribution in [3.8, 4) is 11.3 Å². The van der Waals surface area contributed by atoms with Gasteiger partial charge in [0.1, 0.15) is 11.4 Å². The molecule has 2 aliphatic rings. The van der Waals surface area contributed by atoms with Crippen LogP contribution in [0.1, 0.15) is 45.7 Å². The first-order valence-corrected chi connectivity index (χ1v) is 9.91. The minimum Gasteiger partial charge on any atom is -0.460 e. The van der Waals surface area contributed by atoms with Crippen LogP contribution in [0.2, 0.25) is 5.02 Å². The number of hydrogen-bond donors (Lipinski definition) is 0. The van der Waals surface area contributed by atoms with Crippen molar-refractivity contribution in [2.24, 2.45) is 5.92 Å². The molecule has 1 aromatic heterocycles. The van der Waals surface area contributed by atoms with Crippen LogP contribution in [-0.2, 0) is 21.5 Å². The molecule has 1 aliphatic heterocycles. The molecule has 2 aromatic rings. The lowest BCUT2D eigenvalue weighted by atomic mass is 9.66. The Morgan fingerprint density at radius 3 is 2.55 bits per heavy atom. The van der Waals surface area contributed by atoms with E-state index in [9.17, 15) is 18.0 Å². The monoisotopic (exact) mass is 426 g/mol. The molecule has 1 aliphatic carbocycles. The number of rotatable bonds is 2. The van der Waals surface area contributed by atoms with Gasteiger partial charge in [0, 0.05) is 30.5 Å². The van der Waals surface area contributed by atoms with E-state index in [0.717, 1.165) is 0 Å². The molecule has 1 saturated carbocycles. The fourth-order valence-corrected chi connectivity index (χ4v) is 4.58. The molecule has 4 rings (SSSR count). The molecule has 0 saturated heterocycles. The normalized spacial score (nSPS) is 22.1. The predicted molar refractivity (Wildman–Crippen MR) is 102 cm³/mol. The van der Waals surface area contributed by atoms with Gasteiger partial charge in [-0.1, -0.05) is 11.6 Å². The lowest BCUT2D eigenvalue weighted by Crippen LogP contribution is -2.58. The van der Waals surface area contributed by atoms with Crippen LogP contribution in [0.25, 0.3) is 11.3 Å². The number of halogens is 4. The molecule has 0 bridgehead atoms. The Morgan fingerprint density at radius 1 is 1.28 bits per heavy atom. The zero-order valence-electron chi connectivity index (χ0n) is 16.4. The molecule has 8 heteroatoms. The third-order valence-electron chi connectivity index (χ3n) is 5.45. The molecule has 1 aromatic carbocycles. The van der Waals surface area contributed by atoms with Gasteiger partial charge in [-0.2, -0.15) is 5.10 Å². The maximum absolute atomic E-state index is 13.9. The zero-order valence-corrected chi connectivity index (χ0v) is 17.2. The van der Waals surface area contributed by atoms with Gasteiger partial charge in [0.2, 0.25) is 0 Å². The van der Waals surface area contributed by atoms with Gasteiger partial charge in [0.15, 0.2) is 0 Å². The molecule has 0 radical (unpaired) electrons. The topological polar surface area (TPSA) is 44.1 Å². The van der Waals surface area contributed by atoms with E-state index in [4.69, 9.17) is 16.3 Å². The number of carbonyl (C=O) groups excluding carboxylic acids is 1. The summed E-state index contributed by atoms with van der Waals surface area (Å²) in [6.45, 7) is 5.34. The average molecular weight is 427 g/mol. The van der Waals surface area contributed by atoms with Crippen molar-refractivity contribution in [2.45, 2.75) is 63.5 Å². The average Bonchev–Trinajstić information content (AvgIpc) is 2.99. The third-order valence-corrected chi connectivity index (χ3v) is 5.73. The highest BCUT2D eigenvalue weighted by Gasteiger charge is 2.61. The van der Waals surface area contributed by atoms with E-state index >= 15 is 0 Å². The lowest BCUT2D eigenvalue weighted by molar-refractivity contribution is -0.181. The van der Waals surface area contributed by atoms with E-state index in [0.29, 0.717) is 23.4 Å². The van der Waals surface area contributed by atoms with Crippen molar-refractivity contribution in [1.82, 2.24) is 9.78 Å². The molecule has 1 atom stereocenters. The van der Waals surface area contributed by atoms with Gasteiger partial charge in [0.05, 0.1) is 22.2 Å². The highest BCUT2D eigenvalue weighted by molar-refractivity contribution is 6.31. The van der Waals surface area contributed by atoms with Gasteiger partial charge in [0.25, 0.3) is 5.92 Å². The van der Waals surface area contributed by atoms with Crippen molar-refractivity contribution < 1.29 is 22.7 Å². The molecule has 1 spiro atoms. The summed E-state index contributed by atoms with van der Waals surface area (Å²) in [5.41, 5.74) is 0.232. The number of esters is 1. The fraction of sp³-hybridized carbons (Fsp3) is 0.524. The number of fused-ring (bicyclic) bond motifs is 2. The van der Waals surface area contributed by atoms with E-state index in [-0.39, 0.29) is 30.3 Å². The fourth-order valence-electron chi connectivity index (χ4n) is 4.40. The molecule has 0 amide bonds. The molecule has 0 N–H and O–H groups in total. The summed E-state index contributed by atoms with van der Waals surface area (Å²) in [6.07, 6.45) is -0.116. The third kappa shape index (κ3) is 3.77. The highest BCUT2D eigenvalue weighted by atomic mass is 35.5. The SMILES string of the molecule is CC(C)(C)OC(=O)C1Cc2cc(-c3ccc(F)c(Cl)c3)nn2C2(C1)CC(F)(F)C2. The van der Waals surface area contributed by atoms with E-state index in [1.54, 1.807) is 37.6 Å². The summed E-state index contributed by atoms with van der Waals surface area (Å²) in [5, 5.41) is 4.51. The minimum absolute atomic E-state index is 0.0370. The quantitative estimate of drug-likeness (QED) is 0.606. The molecule has 1 fully saturated rings. The molecule has 156 valence electrons. The van der Waals surface area contributed by atoms with Gasteiger partial charge < -0.3 is 4.74 Å². The van der Waals surface area contributed by atoms with Crippen LogP contribution in [0.15, 0.2) is 24.3 Å². The van der Waals surface area contributed by atoms with Crippen molar-refractivity contribution in [3.63, 3.8) is 0 Å². The lowest BCUT2D eigenvalue weighted by Gasteiger charge is -2.51. The summed E-state index contributed by atoms with van der Waals surface area (Å²) in [7, 11) is 0. The smallest absolute Gasteiger partial charge is 0.309 e. The Morgan fingerprint density at radius 2 is 1.97 bits per heavy atom. The zero-order chi connectivity index (χ0) is 21.2. The Hall–Kier alpha value is -2.02. The Labute approximate surface area is 172 Å². The first-order chi connectivity index (χ1) is 13.4. The first kappa shape index (κ1) is 20.3. The van der Waals surface area contributed by atoms with Crippen molar-refractivity contribution >= 4 is 17.6 Å². The maximum Gasteiger partial charge on any atom is 0.309 e. The predicted octanol–water partition coefficient (Wildman–Crippen LogP) is 5.37. The van der Waals surface area contributed by atoms with Crippen LogP contribution >= 0.6 is 11.6 Å². The standard InChI is InChI=1S/C21H22ClF3N2O2/c1-19(2,3)29-18(28)13-6-14-8-17(12-4-5-16(23)15(22)7-12)26-27(14)20(9-13)10-21(24,25)11-20/h4-5,7-8,13H,6,9-11H2,1-3H3. The van der Waals surface area contributed by atoms with Crippen LogP contribution in [-0.4, -0.2) is 27.3 Å². The van der Waals surface area contributed by atoms with Crippen LogP contribution in [0, 0.1) is 11.7 Å². The second-order valence-corrected chi connectivity index (χ2v) is 9.54. The summed E-state index contributed by atoms with van der Waals surface area (Å²) >= 11 is 5.88. The van der Waals surface area contributed by atoms with Gasteiger partial charge in [-0.25, -0.2) is 13.2 Å². The van der Waals surface area contributed by atoms with Crippen molar-refractivity contribution in [3.05, 3.63) is 40.8 Å². The molecule has 29 heavy (non-hydrogen) atoms. The van der Waals surface area contributed by atoms with Gasteiger partial charge in [-0.05, 0) is 51.5 Å². The Balaban J connectivity index is 1.71. The minimum atomic E-state index is -2.78. The summed E-state index contributed by atoms with van der Waals surface area (Å²) in [4.78, 5) is 12.7. The number of hydrogen-bond acceptors (Lipinski definition) is 3. The Kier molecular flexibility index (Phi) is 4.53. The summed E-state index contributed by atoms with van der Waals surface area (Å²) in [5.74, 6) is -4.22. The van der Waals surface area contributed by atoms with Gasteiger partial charge >= 0.3 is 5.97 Å². The molecule has 4 nitrogen and oxygen atoms in total. The number of nitrogens with zero attached hydrogens (tertiary/aromatic N) is 2. The Bertz CT molecular complexity index is 973. The van der Waals surface area contributed by atoms with Crippen LogP contribution < -0.4 is 0 Å². The maximum atomic E-state index is 13.9. The molecule has 2 heterocycles. The van der Waals surface area contributed by atoms with E-state index < -0.39 is 28.8 Å². The van der Waals surface area contributed by atoms with Gasteiger partial charge in [-0.15, -0.1) is 0 Å².